The van der Waals surface area contributed by atoms with Gasteiger partial charge in [0.1, 0.15) is 0 Å². The SMILES string of the molecule is CCCC(C)C1C=CC(=N)C=CC1. The van der Waals surface area contributed by atoms with Crippen LogP contribution in [0.4, 0.5) is 0 Å². The lowest BCUT2D eigenvalue weighted by atomic mass is 9.88. The molecule has 0 aromatic carbocycles. The van der Waals surface area contributed by atoms with Crippen LogP contribution in [0.5, 0.6) is 0 Å². The highest BCUT2D eigenvalue weighted by Crippen LogP contribution is 2.23. The van der Waals surface area contributed by atoms with Gasteiger partial charge in [-0.1, -0.05) is 38.8 Å². The number of allylic oxidation sites excluding steroid dienone is 4. The molecule has 0 amide bonds. The molecule has 13 heavy (non-hydrogen) atoms. The quantitative estimate of drug-likeness (QED) is 0.681. The first-order valence-electron chi connectivity index (χ1n) is 5.17. The second-order valence-electron chi connectivity index (χ2n) is 3.88. The molecule has 1 aliphatic carbocycles. The number of hydrogen-bond donors (Lipinski definition) is 1. The molecule has 0 bridgehead atoms. The maximum absolute atomic E-state index is 7.49. The molecule has 1 heteroatoms. The Morgan fingerprint density at radius 2 is 2.31 bits per heavy atom. The lowest BCUT2D eigenvalue weighted by Gasteiger charge is -2.17. The van der Waals surface area contributed by atoms with Crippen molar-refractivity contribution in [2.75, 3.05) is 0 Å². The van der Waals surface area contributed by atoms with Crippen molar-refractivity contribution in [1.29, 1.82) is 5.41 Å². The Bertz CT molecular complexity index is 225. The van der Waals surface area contributed by atoms with Crippen molar-refractivity contribution in [3.63, 3.8) is 0 Å². The van der Waals surface area contributed by atoms with E-state index in [1.165, 1.54) is 12.8 Å². The van der Waals surface area contributed by atoms with E-state index in [4.69, 9.17) is 5.41 Å². The van der Waals surface area contributed by atoms with Crippen LogP contribution in [0.1, 0.15) is 33.1 Å². The predicted octanol–water partition coefficient (Wildman–Crippen LogP) is 3.57. The van der Waals surface area contributed by atoms with E-state index in [0.29, 0.717) is 11.6 Å². The summed E-state index contributed by atoms with van der Waals surface area (Å²) in [6, 6.07) is 0. The minimum atomic E-state index is 0.631. The van der Waals surface area contributed by atoms with Crippen LogP contribution in [0.25, 0.3) is 0 Å². The molecule has 0 radical (unpaired) electrons. The molecule has 1 N–H and O–H groups in total. The smallest absolute Gasteiger partial charge is 0.0533 e. The van der Waals surface area contributed by atoms with Crippen LogP contribution in [0.2, 0.25) is 0 Å². The summed E-state index contributed by atoms with van der Waals surface area (Å²) < 4.78 is 0. The van der Waals surface area contributed by atoms with Gasteiger partial charge in [0.25, 0.3) is 0 Å². The van der Waals surface area contributed by atoms with Crippen molar-refractivity contribution < 1.29 is 0 Å². The highest BCUT2D eigenvalue weighted by Gasteiger charge is 2.13. The van der Waals surface area contributed by atoms with Crippen LogP contribution in [0.15, 0.2) is 24.3 Å². The first-order chi connectivity index (χ1) is 6.24. The van der Waals surface area contributed by atoms with Crippen molar-refractivity contribution in [2.24, 2.45) is 11.8 Å². The summed E-state index contributed by atoms with van der Waals surface area (Å²) in [7, 11) is 0. The van der Waals surface area contributed by atoms with Crippen LogP contribution < -0.4 is 0 Å². The zero-order valence-electron chi connectivity index (χ0n) is 8.59. The fraction of sp³-hybridized carbons (Fsp3) is 0.583. The molecule has 0 aromatic rings. The summed E-state index contributed by atoms with van der Waals surface area (Å²) >= 11 is 0. The third kappa shape index (κ3) is 3.17. The molecule has 0 fully saturated rings. The van der Waals surface area contributed by atoms with E-state index in [9.17, 15) is 0 Å². The predicted molar refractivity (Wildman–Crippen MR) is 58.2 cm³/mol. The lowest BCUT2D eigenvalue weighted by molar-refractivity contribution is 0.401. The molecule has 0 saturated carbocycles. The van der Waals surface area contributed by atoms with Crippen molar-refractivity contribution >= 4 is 5.71 Å². The summed E-state index contributed by atoms with van der Waals surface area (Å²) in [4.78, 5) is 0. The minimum Gasteiger partial charge on any atom is -0.301 e. The van der Waals surface area contributed by atoms with Gasteiger partial charge in [-0.05, 0) is 30.4 Å². The largest absolute Gasteiger partial charge is 0.301 e. The maximum atomic E-state index is 7.49. The molecule has 0 aromatic heterocycles. The molecule has 0 saturated heterocycles. The zero-order chi connectivity index (χ0) is 9.68. The van der Waals surface area contributed by atoms with Crippen LogP contribution >= 0.6 is 0 Å². The highest BCUT2D eigenvalue weighted by atomic mass is 14.4. The average Bonchev–Trinajstić information content (AvgIpc) is 2.30. The van der Waals surface area contributed by atoms with Crippen LogP contribution in [-0.2, 0) is 0 Å². The molecular weight excluding hydrogens is 158 g/mol. The van der Waals surface area contributed by atoms with E-state index in [0.717, 1.165) is 12.3 Å². The number of rotatable bonds is 3. The van der Waals surface area contributed by atoms with E-state index in [2.05, 4.69) is 26.0 Å². The van der Waals surface area contributed by atoms with Crippen LogP contribution in [0.3, 0.4) is 0 Å². The van der Waals surface area contributed by atoms with Gasteiger partial charge in [0, 0.05) is 0 Å². The maximum Gasteiger partial charge on any atom is 0.0533 e. The Labute approximate surface area is 81.1 Å². The average molecular weight is 177 g/mol. The van der Waals surface area contributed by atoms with Gasteiger partial charge < -0.3 is 5.41 Å². The molecule has 1 aliphatic rings. The van der Waals surface area contributed by atoms with Gasteiger partial charge in [0.05, 0.1) is 5.71 Å². The second kappa shape index (κ2) is 5.00. The molecule has 2 atom stereocenters. The molecule has 1 nitrogen and oxygen atoms in total. The zero-order valence-corrected chi connectivity index (χ0v) is 8.59. The van der Waals surface area contributed by atoms with Gasteiger partial charge in [-0.2, -0.15) is 0 Å². The Morgan fingerprint density at radius 1 is 1.54 bits per heavy atom. The van der Waals surface area contributed by atoms with Gasteiger partial charge in [0.2, 0.25) is 0 Å². The normalized spacial score (nSPS) is 24.5. The Morgan fingerprint density at radius 3 is 3.00 bits per heavy atom. The summed E-state index contributed by atoms with van der Waals surface area (Å²) in [6.07, 6.45) is 11.8. The Balaban J connectivity index is 2.56. The van der Waals surface area contributed by atoms with E-state index in [-0.39, 0.29) is 0 Å². The summed E-state index contributed by atoms with van der Waals surface area (Å²) in [5, 5.41) is 7.49. The van der Waals surface area contributed by atoms with Gasteiger partial charge in [-0.25, -0.2) is 0 Å². The first kappa shape index (κ1) is 10.2. The number of hydrogen-bond acceptors (Lipinski definition) is 1. The molecule has 2 unspecified atom stereocenters. The number of nitrogens with one attached hydrogen (secondary N) is 1. The minimum absolute atomic E-state index is 0.631. The summed E-state index contributed by atoms with van der Waals surface area (Å²) in [5.41, 5.74) is 0.631. The Kier molecular flexibility index (Phi) is 3.94. The van der Waals surface area contributed by atoms with Crippen LogP contribution in [0, 0.1) is 17.2 Å². The van der Waals surface area contributed by atoms with Crippen molar-refractivity contribution in [2.45, 2.75) is 33.1 Å². The third-order valence-electron chi connectivity index (χ3n) is 2.70. The first-order valence-corrected chi connectivity index (χ1v) is 5.17. The lowest BCUT2D eigenvalue weighted by Crippen LogP contribution is -2.07. The van der Waals surface area contributed by atoms with E-state index >= 15 is 0 Å². The van der Waals surface area contributed by atoms with Crippen LogP contribution in [-0.4, -0.2) is 5.71 Å². The fourth-order valence-corrected chi connectivity index (χ4v) is 1.80. The third-order valence-corrected chi connectivity index (χ3v) is 2.70. The van der Waals surface area contributed by atoms with E-state index < -0.39 is 0 Å². The van der Waals surface area contributed by atoms with Gasteiger partial charge in [0.15, 0.2) is 0 Å². The molecule has 0 heterocycles. The molecule has 1 rings (SSSR count). The van der Waals surface area contributed by atoms with E-state index in [1.54, 1.807) is 0 Å². The van der Waals surface area contributed by atoms with Crippen molar-refractivity contribution in [3.05, 3.63) is 24.3 Å². The molecule has 0 aliphatic heterocycles. The fourth-order valence-electron chi connectivity index (χ4n) is 1.80. The van der Waals surface area contributed by atoms with Gasteiger partial charge in [-0.3, -0.25) is 0 Å². The molecule has 0 spiro atoms. The summed E-state index contributed by atoms with van der Waals surface area (Å²) in [5.74, 6) is 1.39. The monoisotopic (exact) mass is 177 g/mol. The second-order valence-corrected chi connectivity index (χ2v) is 3.88. The standard InChI is InChI=1S/C12H19N/c1-3-5-10(2)11-6-4-7-12(13)9-8-11/h4,7-11,13H,3,5-6H2,1-2H3. The molecule has 72 valence electrons. The molecular formula is C12H19N. The summed E-state index contributed by atoms with van der Waals surface area (Å²) in [6.45, 7) is 4.54. The van der Waals surface area contributed by atoms with E-state index in [1.807, 2.05) is 12.2 Å². The van der Waals surface area contributed by atoms with Crippen molar-refractivity contribution in [3.8, 4) is 0 Å². The topological polar surface area (TPSA) is 23.9 Å². The van der Waals surface area contributed by atoms with Crippen molar-refractivity contribution in [1.82, 2.24) is 0 Å². The Hall–Kier alpha value is -0.850. The highest BCUT2D eigenvalue weighted by molar-refractivity contribution is 6.01. The van der Waals surface area contributed by atoms with Gasteiger partial charge in [-0.15, -0.1) is 0 Å². The van der Waals surface area contributed by atoms with Gasteiger partial charge >= 0.3 is 0 Å².